The molecule has 0 spiro atoms. The molecule has 2 aromatic heterocycles. The van der Waals surface area contributed by atoms with Gasteiger partial charge in [-0.05, 0) is 39.0 Å². The molecule has 2 heterocycles. The molecule has 0 aliphatic carbocycles. The van der Waals surface area contributed by atoms with Crippen LogP contribution in [0.3, 0.4) is 0 Å². The number of benzene rings is 1. The van der Waals surface area contributed by atoms with E-state index < -0.39 is 0 Å². The second-order valence-corrected chi connectivity index (χ2v) is 6.43. The van der Waals surface area contributed by atoms with Gasteiger partial charge >= 0.3 is 0 Å². The van der Waals surface area contributed by atoms with Crippen LogP contribution in [0.1, 0.15) is 23.7 Å². The van der Waals surface area contributed by atoms with Gasteiger partial charge in [-0.15, -0.1) is 0 Å². The molecular formula is C21H24N4O2. The number of para-hydroxylation sites is 1. The second-order valence-electron chi connectivity index (χ2n) is 6.43. The summed E-state index contributed by atoms with van der Waals surface area (Å²) in [5.74, 6) is 2.25. The van der Waals surface area contributed by atoms with Crippen molar-refractivity contribution in [2.24, 2.45) is 0 Å². The first-order valence-corrected chi connectivity index (χ1v) is 8.95. The zero-order chi connectivity index (χ0) is 19.4. The minimum atomic E-state index is -0.119. The third kappa shape index (κ3) is 4.16. The molecule has 140 valence electrons. The molecule has 0 bridgehead atoms. The van der Waals surface area contributed by atoms with Gasteiger partial charge in [0.2, 0.25) is 0 Å². The third-order valence-electron chi connectivity index (χ3n) is 4.49. The molecule has 0 aliphatic rings. The lowest BCUT2D eigenvalue weighted by molar-refractivity contribution is 0.336. The maximum Gasteiger partial charge on any atom is 0.254 e. The second kappa shape index (κ2) is 8.03. The van der Waals surface area contributed by atoms with Crippen molar-refractivity contribution < 1.29 is 4.74 Å². The number of rotatable bonds is 6. The number of hydrogen-bond acceptors (Lipinski definition) is 5. The molecule has 1 aromatic carbocycles. The Bertz CT molecular complexity index is 980. The van der Waals surface area contributed by atoms with Gasteiger partial charge in [0.05, 0.1) is 6.61 Å². The van der Waals surface area contributed by atoms with Crippen LogP contribution in [0.5, 0.6) is 5.75 Å². The number of H-pyrrole nitrogens is 1. The predicted octanol–water partition coefficient (Wildman–Crippen LogP) is 3.48. The summed E-state index contributed by atoms with van der Waals surface area (Å²) < 4.78 is 5.69. The summed E-state index contributed by atoms with van der Waals surface area (Å²) in [6, 6.07) is 11.8. The average Bonchev–Trinajstić information content (AvgIpc) is 2.67. The van der Waals surface area contributed by atoms with E-state index in [0.717, 1.165) is 28.4 Å². The van der Waals surface area contributed by atoms with E-state index in [-0.39, 0.29) is 5.56 Å². The van der Waals surface area contributed by atoms with Crippen molar-refractivity contribution >= 4 is 5.82 Å². The Kier molecular flexibility index (Phi) is 5.54. The Morgan fingerprint density at radius 3 is 2.59 bits per heavy atom. The number of ether oxygens (including phenoxy) is 1. The van der Waals surface area contributed by atoms with Gasteiger partial charge in [-0.1, -0.05) is 18.2 Å². The molecule has 0 saturated heterocycles. The Morgan fingerprint density at radius 2 is 1.93 bits per heavy atom. The normalized spacial score (nSPS) is 10.7. The van der Waals surface area contributed by atoms with Gasteiger partial charge in [-0.25, -0.2) is 9.97 Å². The first kappa shape index (κ1) is 18.6. The number of pyridine rings is 1. The SMILES string of the molecule is CCOc1ccccc1CN(C)c1ccc(-c2nc(C)c(C)c(=O)[nH]2)cn1. The fraction of sp³-hybridized carbons (Fsp3) is 0.286. The van der Waals surface area contributed by atoms with Crippen LogP contribution >= 0.6 is 0 Å². The number of hydrogen-bond donors (Lipinski definition) is 1. The first-order valence-electron chi connectivity index (χ1n) is 8.95. The fourth-order valence-corrected chi connectivity index (χ4v) is 2.80. The van der Waals surface area contributed by atoms with E-state index in [9.17, 15) is 4.79 Å². The maximum absolute atomic E-state index is 12.0. The van der Waals surface area contributed by atoms with Gasteiger partial charge in [-0.3, -0.25) is 4.79 Å². The van der Waals surface area contributed by atoms with E-state index in [2.05, 4.69) is 25.9 Å². The molecule has 0 radical (unpaired) electrons. The quantitative estimate of drug-likeness (QED) is 0.725. The number of aryl methyl sites for hydroxylation is 1. The first-order chi connectivity index (χ1) is 13.0. The van der Waals surface area contributed by atoms with Gasteiger partial charge in [0.15, 0.2) is 0 Å². The monoisotopic (exact) mass is 364 g/mol. The molecule has 6 nitrogen and oxygen atoms in total. The highest BCUT2D eigenvalue weighted by molar-refractivity contribution is 5.56. The van der Waals surface area contributed by atoms with Crippen LogP contribution in [0.2, 0.25) is 0 Å². The summed E-state index contributed by atoms with van der Waals surface area (Å²) in [6.45, 7) is 6.89. The summed E-state index contributed by atoms with van der Waals surface area (Å²) in [4.78, 5) is 25.8. The van der Waals surface area contributed by atoms with Crippen LogP contribution in [0.15, 0.2) is 47.4 Å². The van der Waals surface area contributed by atoms with Crippen molar-refractivity contribution in [3.8, 4) is 17.1 Å². The summed E-state index contributed by atoms with van der Waals surface area (Å²) in [6.07, 6.45) is 1.73. The molecule has 3 aromatic rings. The molecule has 6 heteroatoms. The molecule has 27 heavy (non-hydrogen) atoms. The van der Waals surface area contributed by atoms with Crippen molar-refractivity contribution in [1.82, 2.24) is 15.0 Å². The van der Waals surface area contributed by atoms with Crippen LogP contribution in [-0.4, -0.2) is 28.6 Å². The van der Waals surface area contributed by atoms with Crippen LogP contribution in [0.25, 0.3) is 11.4 Å². The molecule has 0 amide bonds. The van der Waals surface area contributed by atoms with Crippen molar-refractivity contribution in [2.45, 2.75) is 27.3 Å². The van der Waals surface area contributed by atoms with Crippen LogP contribution < -0.4 is 15.2 Å². The van der Waals surface area contributed by atoms with Crippen LogP contribution in [-0.2, 0) is 6.54 Å². The summed E-state index contributed by atoms with van der Waals surface area (Å²) in [7, 11) is 1.99. The highest BCUT2D eigenvalue weighted by Crippen LogP contribution is 2.23. The number of nitrogens with one attached hydrogen (secondary N) is 1. The highest BCUT2D eigenvalue weighted by Gasteiger charge is 2.10. The summed E-state index contributed by atoms with van der Waals surface area (Å²) in [5.41, 5.74) is 3.12. The minimum Gasteiger partial charge on any atom is -0.494 e. The lowest BCUT2D eigenvalue weighted by Crippen LogP contribution is -2.18. The molecule has 1 N–H and O–H groups in total. The predicted molar refractivity (Wildman–Crippen MR) is 107 cm³/mol. The van der Waals surface area contributed by atoms with Gasteiger partial charge in [0.1, 0.15) is 17.4 Å². The standard InChI is InChI=1S/C21H24N4O2/c1-5-27-18-9-7-6-8-17(18)13-25(4)19-11-10-16(12-22-19)20-23-15(3)14(2)21(26)24-20/h6-12H,5,13H2,1-4H3,(H,23,24,26). The van der Waals surface area contributed by atoms with E-state index in [1.807, 2.05) is 51.2 Å². The topological polar surface area (TPSA) is 71.1 Å². The minimum absolute atomic E-state index is 0.119. The number of anilines is 1. The zero-order valence-corrected chi connectivity index (χ0v) is 16.1. The molecule has 3 rings (SSSR count). The van der Waals surface area contributed by atoms with Crippen LogP contribution in [0, 0.1) is 13.8 Å². The van der Waals surface area contributed by atoms with Crippen molar-refractivity contribution in [2.75, 3.05) is 18.6 Å². The van der Waals surface area contributed by atoms with E-state index in [0.29, 0.717) is 24.5 Å². The maximum atomic E-state index is 12.0. The third-order valence-corrected chi connectivity index (χ3v) is 4.49. The van der Waals surface area contributed by atoms with Gasteiger partial charge in [0.25, 0.3) is 5.56 Å². The lowest BCUT2D eigenvalue weighted by Gasteiger charge is -2.20. The number of nitrogens with zero attached hydrogens (tertiary/aromatic N) is 3. The molecule has 0 saturated carbocycles. The van der Waals surface area contributed by atoms with Gasteiger partial charge in [-0.2, -0.15) is 0 Å². The fourth-order valence-electron chi connectivity index (χ4n) is 2.80. The van der Waals surface area contributed by atoms with Crippen molar-refractivity contribution in [1.29, 1.82) is 0 Å². The summed E-state index contributed by atoms with van der Waals surface area (Å²) in [5, 5.41) is 0. The lowest BCUT2D eigenvalue weighted by atomic mass is 10.2. The molecule has 0 fully saturated rings. The molecular weight excluding hydrogens is 340 g/mol. The molecule has 0 atom stereocenters. The Balaban J connectivity index is 1.80. The van der Waals surface area contributed by atoms with Gasteiger partial charge in [0, 0.05) is 42.2 Å². The van der Waals surface area contributed by atoms with Crippen molar-refractivity contribution in [3.63, 3.8) is 0 Å². The van der Waals surface area contributed by atoms with Crippen molar-refractivity contribution in [3.05, 3.63) is 69.8 Å². The smallest absolute Gasteiger partial charge is 0.254 e. The molecule has 0 unspecified atom stereocenters. The zero-order valence-electron chi connectivity index (χ0n) is 16.1. The van der Waals surface area contributed by atoms with E-state index in [4.69, 9.17) is 4.74 Å². The number of aromatic amines is 1. The van der Waals surface area contributed by atoms with Crippen LogP contribution in [0.4, 0.5) is 5.82 Å². The van der Waals surface area contributed by atoms with Gasteiger partial charge < -0.3 is 14.6 Å². The Morgan fingerprint density at radius 1 is 1.15 bits per heavy atom. The largest absolute Gasteiger partial charge is 0.494 e. The number of aromatic nitrogens is 3. The van der Waals surface area contributed by atoms with E-state index in [1.165, 1.54) is 0 Å². The average molecular weight is 364 g/mol. The van der Waals surface area contributed by atoms with E-state index in [1.54, 1.807) is 13.1 Å². The Labute approximate surface area is 158 Å². The highest BCUT2D eigenvalue weighted by atomic mass is 16.5. The Hall–Kier alpha value is -3.15. The molecule has 0 aliphatic heterocycles. The summed E-state index contributed by atoms with van der Waals surface area (Å²) >= 11 is 0. The van der Waals surface area contributed by atoms with E-state index >= 15 is 0 Å².